The van der Waals surface area contributed by atoms with Crippen LogP contribution >= 0.6 is 0 Å². The Morgan fingerprint density at radius 2 is 1.92 bits per heavy atom. The van der Waals surface area contributed by atoms with Gasteiger partial charge in [0.1, 0.15) is 5.82 Å². The second-order valence-corrected chi connectivity index (χ2v) is 7.38. The Hall–Kier alpha value is -1.99. The summed E-state index contributed by atoms with van der Waals surface area (Å²) in [6.07, 6.45) is 4.29. The maximum Gasteiger partial charge on any atom is 0.229 e. The molecule has 2 aliphatic heterocycles. The summed E-state index contributed by atoms with van der Waals surface area (Å²) in [6, 6.07) is 6.80. The van der Waals surface area contributed by atoms with Crippen molar-refractivity contribution in [2.24, 2.45) is 0 Å². The molecule has 0 N–H and O–H groups in total. The molecule has 0 atom stereocenters. The largest absolute Gasteiger partial charge is 0.354 e. The van der Waals surface area contributed by atoms with Gasteiger partial charge in [-0.1, -0.05) is 11.2 Å². The number of likely N-dealkylation sites (tertiary alicyclic amines) is 1. The standard InChI is InChI=1S/C18H24N6O/c1-2-6-19-17(3-1)24-9-7-23(8-10-24)15-11-22(12-15)13-16-20-18(25-21-16)14-4-5-14/h1-3,6,14-15H,4-5,7-13H2. The van der Waals surface area contributed by atoms with Gasteiger partial charge < -0.3 is 9.42 Å². The summed E-state index contributed by atoms with van der Waals surface area (Å²) in [5.74, 6) is 3.33. The van der Waals surface area contributed by atoms with Crippen LogP contribution in [0, 0.1) is 0 Å². The molecule has 0 radical (unpaired) electrons. The number of aromatic nitrogens is 3. The van der Waals surface area contributed by atoms with Crippen LogP contribution in [0.4, 0.5) is 5.82 Å². The minimum Gasteiger partial charge on any atom is -0.354 e. The summed E-state index contributed by atoms with van der Waals surface area (Å²) in [4.78, 5) is 16.4. The molecule has 4 heterocycles. The Bertz CT molecular complexity index is 701. The predicted octanol–water partition coefficient (Wildman–Crippen LogP) is 1.35. The first-order chi connectivity index (χ1) is 12.3. The quantitative estimate of drug-likeness (QED) is 0.814. The SMILES string of the molecule is c1ccc(N2CCN(C3CN(Cc4noc(C5CC5)n4)C3)CC2)nc1. The van der Waals surface area contributed by atoms with Gasteiger partial charge in [0, 0.05) is 57.4 Å². The van der Waals surface area contributed by atoms with Gasteiger partial charge in [-0.05, 0) is 25.0 Å². The van der Waals surface area contributed by atoms with E-state index in [4.69, 9.17) is 4.52 Å². The predicted molar refractivity (Wildman–Crippen MR) is 93.4 cm³/mol. The first-order valence-corrected chi connectivity index (χ1v) is 9.30. The molecule has 0 amide bonds. The van der Waals surface area contributed by atoms with Crippen molar-refractivity contribution in [3.8, 4) is 0 Å². The van der Waals surface area contributed by atoms with Gasteiger partial charge in [0.05, 0.1) is 6.54 Å². The summed E-state index contributed by atoms with van der Waals surface area (Å²) >= 11 is 0. The van der Waals surface area contributed by atoms with Crippen LogP contribution in [-0.2, 0) is 6.54 Å². The van der Waals surface area contributed by atoms with Gasteiger partial charge >= 0.3 is 0 Å². The third-order valence-electron chi connectivity index (χ3n) is 5.52. The molecule has 132 valence electrons. The molecule has 0 bridgehead atoms. The van der Waals surface area contributed by atoms with Crippen molar-refractivity contribution >= 4 is 5.82 Å². The molecule has 7 nitrogen and oxygen atoms in total. The Labute approximate surface area is 147 Å². The number of anilines is 1. The van der Waals surface area contributed by atoms with E-state index in [-0.39, 0.29) is 0 Å². The lowest BCUT2D eigenvalue weighted by molar-refractivity contribution is 0.0236. The molecule has 3 aliphatic rings. The van der Waals surface area contributed by atoms with Crippen LogP contribution in [0.5, 0.6) is 0 Å². The topological polar surface area (TPSA) is 61.5 Å². The van der Waals surface area contributed by atoms with Crippen LogP contribution in [0.2, 0.25) is 0 Å². The summed E-state index contributed by atoms with van der Waals surface area (Å²) in [5.41, 5.74) is 0. The van der Waals surface area contributed by atoms with E-state index in [1.165, 1.54) is 12.8 Å². The van der Waals surface area contributed by atoms with Crippen LogP contribution in [0.3, 0.4) is 0 Å². The van der Waals surface area contributed by atoms with Crippen molar-refractivity contribution in [1.29, 1.82) is 0 Å². The number of hydrogen-bond donors (Lipinski definition) is 0. The Kier molecular flexibility index (Phi) is 3.90. The molecule has 0 aromatic carbocycles. The lowest BCUT2D eigenvalue weighted by atomic mass is 10.1. The molecule has 1 aliphatic carbocycles. The molecule has 7 heteroatoms. The monoisotopic (exact) mass is 340 g/mol. The van der Waals surface area contributed by atoms with Crippen LogP contribution < -0.4 is 4.90 Å². The van der Waals surface area contributed by atoms with Gasteiger partial charge in [0.2, 0.25) is 5.89 Å². The van der Waals surface area contributed by atoms with Crippen molar-refractivity contribution in [2.75, 3.05) is 44.2 Å². The molecule has 0 spiro atoms. The normalized spacial score (nSPS) is 23.0. The van der Waals surface area contributed by atoms with Gasteiger partial charge in [-0.25, -0.2) is 4.98 Å². The van der Waals surface area contributed by atoms with Gasteiger partial charge in [0.25, 0.3) is 0 Å². The Morgan fingerprint density at radius 1 is 1.08 bits per heavy atom. The third kappa shape index (κ3) is 3.26. The zero-order valence-electron chi connectivity index (χ0n) is 14.4. The zero-order chi connectivity index (χ0) is 16.6. The van der Waals surface area contributed by atoms with Crippen LogP contribution in [0.1, 0.15) is 30.5 Å². The third-order valence-corrected chi connectivity index (χ3v) is 5.52. The fourth-order valence-corrected chi connectivity index (χ4v) is 3.79. The number of nitrogens with zero attached hydrogens (tertiary/aromatic N) is 6. The summed E-state index contributed by atoms with van der Waals surface area (Å²) in [6.45, 7) is 7.38. The number of rotatable bonds is 5. The highest BCUT2D eigenvalue weighted by molar-refractivity contribution is 5.38. The highest BCUT2D eigenvalue weighted by Crippen LogP contribution is 2.38. The smallest absolute Gasteiger partial charge is 0.229 e. The van der Waals surface area contributed by atoms with E-state index in [0.717, 1.165) is 63.3 Å². The molecule has 2 aromatic rings. The zero-order valence-corrected chi connectivity index (χ0v) is 14.4. The van der Waals surface area contributed by atoms with Crippen LogP contribution in [0.15, 0.2) is 28.9 Å². The molecule has 0 unspecified atom stereocenters. The van der Waals surface area contributed by atoms with Crippen molar-refractivity contribution in [3.63, 3.8) is 0 Å². The van der Waals surface area contributed by atoms with Crippen molar-refractivity contribution in [1.82, 2.24) is 24.9 Å². The van der Waals surface area contributed by atoms with Crippen molar-refractivity contribution < 1.29 is 4.52 Å². The van der Waals surface area contributed by atoms with Crippen LogP contribution in [0.25, 0.3) is 0 Å². The number of piperazine rings is 1. The van der Waals surface area contributed by atoms with E-state index in [9.17, 15) is 0 Å². The summed E-state index contributed by atoms with van der Waals surface area (Å²) in [7, 11) is 0. The molecule has 5 rings (SSSR count). The van der Waals surface area contributed by atoms with E-state index in [0.29, 0.717) is 12.0 Å². The van der Waals surface area contributed by atoms with Crippen molar-refractivity contribution in [3.05, 3.63) is 36.1 Å². The first kappa shape index (κ1) is 15.3. The fraction of sp³-hybridized carbons (Fsp3) is 0.611. The number of hydrogen-bond acceptors (Lipinski definition) is 7. The second-order valence-electron chi connectivity index (χ2n) is 7.38. The van der Waals surface area contributed by atoms with Crippen molar-refractivity contribution in [2.45, 2.75) is 31.3 Å². The molecule has 2 aromatic heterocycles. The Balaban J connectivity index is 1.08. The minimum absolute atomic E-state index is 0.542. The lowest BCUT2D eigenvalue weighted by Gasteiger charge is -2.48. The maximum absolute atomic E-state index is 5.35. The molecule has 2 saturated heterocycles. The van der Waals surface area contributed by atoms with E-state index < -0.39 is 0 Å². The average molecular weight is 340 g/mol. The molecule has 25 heavy (non-hydrogen) atoms. The Morgan fingerprint density at radius 3 is 2.64 bits per heavy atom. The van der Waals surface area contributed by atoms with Gasteiger partial charge in [-0.3, -0.25) is 9.80 Å². The minimum atomic E-state index is 0.542. The summed E-state index contributed by atoms with van der Waals surface area (Å²) in [5, 5.41) is 4.13. The molecular weight excluding hydrogens is 316 g/mol. The fourth-order valence-electron chi connectivity index (χ4n) is 3.79. The number of pyridine rings is 1. The highest BCUT2D eigenvalue weighted by atomic mass is 16.5. The van der Waals surface area contributed by atoms with E-state index >= 15 is 0 Å². The van der Waals surface area contributed by atoms with Crippen LogP contribution in [-0.4, -0.2) is 70.2 Å². The molecule has 1 saturated carbocycles. The average Bonchev–Trinajstić information content (AvgIpc) is 3.38. The highest BCUT2D eigenvalue weighted by Gasteiger charge is 2.35. The van der Waals surface area contributed by atoms with Gasteiger partial charge in [-0.15, -0.1) is 0 Å². The molecule has 3 fully saturated rings. The van der Waals surface area contributed by atoms with E-state index in [1.54, 1.807) is 0 Å². The van der Waals surface area contributed by atoms with E-state index in [2.05, 4.69) is 42.0 Å². The lowest BCUT2D eigenvalue weighted by Crippen LogP contribution is -2.62. The first-order valence-electron chi connectivity index (χ1n) is 9.30. The summed E-state index contributed by atoms with van der Waals surface area (Å²) < 4.78 is 5.35. The second kappa shape index (κ2) is 6.38. The van der Waals surface area contributed by atoms with Gasteiger partial charge in [0.15, 0.2) is 5.82 Å². The molecular formula is C18H24N6O. The van der Waals surface area contributed by atoms with Gasteiger partial charge in [-0.2, -0.15) is 4.98 Å². The maximum atomic E-state index is 5.35. The van der Waals surface area contributed by atoms with E-state index in [1.807, 2.05) is 12.3 Å².